The summed E-state index contributed by atoms with van der Waals surface area (Å²) in [5.41, 5.74) is 0. The highest BCUT2D eigenvalue weighted by molar-refractivity contribution is 5.38. The Bertz CT molecular complexity index is 492. The molecule has 0 saturated carbocycles. The zero-order valence-corrected chi connectivity index (χ0v) is 13.4. The van der Waals surface area contributed by atoms with E-state index in [1.165, 1.54) is 36.1 Å². The normalized spacial score (nSPS) is 18.7. The lowest BCUT2D eigenvalue weighted by atomic mass is 10.1. The summed E-state index contributed by atoms with van der Waals surface area (Å²) in [6.45, 7) is 7.56. The van der Waals surface area contributed by atoms with Crippen LogP contribution in [0.1, 0.15) is 46.0 Å². The van der Waals surface area contributed by atoms with Gasteiger partial charge in [-0.1, -0.05) is 45.2 Å². The lowest BCUT2D eigenvalue weighted by molar-refractivity contribution is -0.0912. The SMILES string of the molecule is CCCCCC1COCCO1.CCCOc1cc2ccc1=2. The summed E-state index contributed by atoms with van der Waals surface area (Å²) in [4.78, 5) is 0. The minimum Gasteiger partial charge on any atom is -0.493 e. The van der Waals surface area contributed by atoms with Crippen molar-refractivity contribution in [2.24, 2.45) is 0 Å². The molecule has 2 aliphatic carbocycles. The van der Waals surface area contributed by atoms with Crippen molar-refractivity contribution >= 4 is 0 Å². The molecule has 1 saturated heterocycles. The number of hydrogen-bond donors (Lipinski definition) is 0. The predicted octanol–water partition coefficient (Wildman–Crippen LogP) is 4.06. The molecule has 0 amide bonds. The molecule has 0 bridgehead atoms. The number of benzene rings is 1. The average Bonchev–Trinajstić information content (AvgIpc) is 2.51. The van der Waals surface area contributed by atoms with E-state index in [1.54, 1.807) is 0 Å². The molecule has 3 nitrogen and oxygen atoms in total. The minimum atomic E-state index is 0.385. The fourth-order valence-electron chi connectivity index (χ4n) is 2.41. The summed E-state index contributed by atoms with van der Waals surface area (Å²) in [6.07, 6.45) is 6.53. The molecule has 3 aliphatic rings. The molecule has 118 valence electrons. The highest BCUT2D eigenvalue weighted by Gasteiger charge is 2.12. The highest BCUT2D eigenvalue weighted by atomic mass is 16.6. The minimum absolute atomic E-state index is 0.385. The van der Waals surface area contributed by atoms with Crippen LogP contribution < -0.4 is 4.74 Å². The van der Waals surface area contributed by atoms with Crippen molar-refractivity contribution in [2.75, 3.05) is 26.4 Å². The van der Waals surface area contributed by atoms with Crippen LogP contribution in [0.3, 0.4) is 0 Å². The average molecular weight is 292 g/mol. The van der Waals surface area contributed by atoms with Gasteiger partial charge in [0.2, 0.25) is 0 Å². The fraction of sp³-hybridized carbons (Fsp3) is 0.667. The Hall–Kier alpha value is -1.06. The molecule has 3 rings (SSSR count). The third-order valence-electron chi connectivity index (χ3n) is 3.77. The van der Waals surface area contributed by atoms with Crippen molar-refractivity contribution in [3.8, 4) is 5.75 Å². The fourth-order valence-corrected chi connectivity index (χ4v) is 2.41. The van der Waals surface area contributed by atoms with Gasteiger partial charge in [-0.15, -0.1) is 0 Å². The molecular weight excluding hydrogens is 264 g/mol. The lowest BCUT2D eigenvalue weighted by Gasteiger charge is -2.22. The topological polar surface area (TPSA) is 27.7 Å². The number of ether oxygens (including phenoxy) is 3. The van der Waals surface area contributed by atoms with Gasteiger partial charge in [-0.2, -0.15) is 0 Å². The van der Waals surface area contributed by atoms with Crippen molar-refractivity contribution in [1.82, 2.24) is 0 Å². The monoisotopic (exact) mass is 292 g/mol. The summed E-state index contributed by atoms with van der Waals surface area (Å²) < 4.78 is 16.2. The van der Waals surface area contributed by atoms with Gasteiger partial charge in [-0.25, -0.2) is 0 Å². The Kier molecular flexibility index (Phi) is 7.04. The van der Waals surface area contributed by atoms with E-state index in [2.05, 4.69) is 32.0 Å². The van der Waals surface area contributed by atoms with Crippen LogP contribution in [0, 0.1) is 10.4 Å². The van der Waals surface area contributed by atoms with Crippen LogP contribution in [0.15, 0.2) is 18.2 Å². The summed E-state index contributed by atoms with van der Waals surface area (Å²) in [5.74, 6) is 1.08. The number of rotatable bonds is 7. The van der Waals surface area contributed by atoms with Gasteiger partial charge in [0.05, 0.1) is 32.5 Å². The van der Waals surface area contributed by atoms with Crippen LogP contribution >= 0.6 is 0 Å². The first kappa shape index (κ1) is 16.3. The molecule has 1 atom stereocenters. The van der Waals surface area contributed by atoms with Crippen molar-refractivity contribution < 1.29 is 14.2 Å². The second kappa shape index (κ2) is 9.06. The maximum Gasteiger partial charge on any atom is 0.127 e. The Morgan fingerprint density at radius 1 is 1.14 bits per heavy atom. The molecule has 3 heteroatoms. The molecule has 0 N–H and O–H groups in total. The highest BCUT2D eigenvalue weighted by Crippen LogP contribution is 2.23. The summed E-state index contributed by atoms with van der Waals surface area (Å²) >= 11 is 0. The standard InChI is InChI=1S/C9H18O2.C9H10O/c1-2-3-4-5-9-8-10-6-7-11-9;1-2-5-10-9-6-7-3-4-8(7)9/h9H,2-8H2,1H3;3-4,6H,2,5H2,1H3. The molecule has 0 aromatic carbocycles. The lowest BCUT2D eigenvalue weighted by Crippen LogP contribution is -2.28. The van der Waals surface area contributed by atoms with Gasteiger partial charge in [0.1, 0.15) is 5.75 Å². The van der Waals surface area contributed by atoms with Gasteiger partial charge in [0.15, 0.2) is 0 Å². The van der Waals surface area contributed by atoms with Gasteiger partial charge in [-0.05, 0) is 24.1 Å². The maximum absolute atomic E-state index is 5.50. The van der Waals surface area contributed by atoms with Crippen LogP contribution in [0.4, 0.5) is 0 Å². The summed E-state index contributed by atoms with van der Waals surface area (Å²) in [6, 6.07) is 6.29. The van der Waals surface area contributed by atoms with Gasteiger partial charge in [-0.3, -0.25) is 0 Å². The summed E-state index contributed by atoms with van der Waals surface area (Å²) in [5, 5.41) is 2.67. The van der Waals surface area contributed by atoms with E-state index in [0.717, 1.165) is 38.6 Å². The molecule has 1 aliphatic heterocycles. The van der Waals surface area contributed by atoms with E-state index in [4.69, 9.17) is 14.2 Å². The molecular formula is C18H28O3. The summed E-state index contributed by atoms with van der Waals surface area (Å²) in [7, 11) is 0. The van der Waals surface area contributed by atoms with E-state index >= 15 is 0 Å². The van der Waals surface area contributed by atoms with E-state index in [-0.39, 0.29) is 0 Å². The Morgan fingerprint density at radius 2 is 2.05 bits per heavy atom. The first-order valence-electron chi connectivity index (χ1n) is 8.31. The van der Waals surface area contributed by atoms with Gasteiger partial charge < -0.3 is 14.2 Å². The molecule has 0 radical (unpaired) electrons. The molecule has 21 heavy (non-hydrogen) atoms. The van der Waals surface area contributed by atoms with Crippen molar-refractivity contribution in [1.29, 1.82) is 0 Å². The van der Waals surface area contributed by atoms with Gasteiger partial charge in [0, 0.05) is 5.22 Å². The van der Waals surface area contributed by atoms with Crippen molar-refractivity contribution in [3.63, 3.8) is 0 Å². The molecule has 0 aromatic heterocycles. The van der Waals surface area contributed by atoms with Crippen LogP contribution in [0.2, 0.25) is 0 Å². The second-order valence-corrected chi connectivity index (χ2v) is 5.62. The van der Waals surface area contributed by atoms with Gasteiger partial charge >= 0.3 is 0 Å². The Labute approximate surface area is 127 Å². The third kappa shape index (κ3) is 5.01. The molecule has 0 aromatic rings. The van der Waals surface area contributed by atoms with E-state index in [1.807, 2.05) is 0 Å². The third-order valence-corrected chi connectivity index (χ3v) is 3.77. The Morgan fingerprint density at radius 3 is 2.57 bits per heavy atom. The smallest absolute Gasteiger partial charge is 0.127 e. The van der Waals surface area contributed by atoms with Gasteiger partial charge in [0.25, 0.3) is 0 Å². The van der Waals surface area contributed by atoms with Crippen LogP contribution in [0.5, 0.6) is 5.75 Å². The second-order valence-electron chi connectivity index (χ2n) is 5.62. The molecule has 0 spiro atoms. The number of hydrogen-bond acceptors (Lipinski definition) is 3. The quantitative estimate of drug-likeness (QED) is 0.720. The zero-order chi connectivity index (χ0) is 14.9. The molecule has 1 unspecified atom stereocenters. The van der Waals surface area contributed by atoms with Crippen molar-refractivity contribution in [3.05, 3.63) is 28.6 Å². The largest absolute Gasteiger partial charge is 0.493 e. The van der Waals surface area contributed by atoms with E-state index in [9.17, 15) is 0 Å². The number of unbranched alkanes of at least 4 members (excludes halogenated alkanes) is 2. The maximum atomic E-state index is 5.50. The van der Waals surface area contributed by atoms with Crippen LogP contribution in [-0.2, 0) is 9.47 Å². The van der Waals surface area contributed by atoms with Crippen LogP contribution in [-0.4, -0.2) is 32.5 Å². The van der Waals surface area contributed by atoms with E-state index < -0.39 is 0 Å². The molecule has 1 fully saturated rings. The first-order valence-corrected chi connectivity index (χ1v) is 8.31. The van der Waals surface area contributed by atoms with Crippen molar-refractivity contribution in [2.45, 2.75) is 52.1 Å². The first-order chi connectivity index (χ1) is 10.3. The van der Waals surface area contributed by atoms with Crippen LogP contribution in [0.25, 0.3) is 0 Å². The predicted molar refractivity (Wildman–Crippen MR) is 84.6 cm³/mol. The Balaban J connectivity index is 0.000000154. The molecule has 1 heterocycles. The van der Waals surface area contributed by atoms with E-state index in [0.29, 0.717) is 6.10 Å². The zero-order valence-electron chi connectivity index (χ0n) is 13.4.